The molecule has 0 spiro atoms. The minimum absolute atomic E-state index is 0.358. The van der Waals surface area contributed by atoms with Crippen LogP contribution in [0.15, 0.2) is 24.3 Å². The van der Waals surface area contributed by atoms with Crippen LogP contribution in [0.2, 0.25) is 5.02 Å². The zero-order chi connectivity index (χ0) is 15.8. The summed E-state index contributed by atoms with van der Waals surface area (Å²) in [6, 6.07) is 6.11. The van der Waals surface area contributed by atoms with Crippen LogP contribution in [0.5, 0.6) is 5.75 Å². The summed E-state index contributed by atoms with van der Waals surface area (Å²) in [5, 5.41) is 5.22. The first-order valence-corrected chi connectivity index (χ1v) is 6.93. The summed E-state index contributed by atoms with van der Waals surface area (Å²) < 4.78 is 5.55. The lowest BCUT2D eigenvalue weighted by Gasteiger charge is -2.23. The van der Waals surface area contributed by atoms with Gasteiger partial charge in [0.25, 0.3) is 0 Å². The summed E-state index contributed by atoms with van der Waals surface area (Å²) in [6.45, 7) is 2.70. The summed E-state index contributed by atoms with van der Waals surface area (Å²) in [5.74, 6) is 0.360. The number of nitrogens with one attached hydrogen (secondary N) is 2. The number of urea groups is 1. The number of ether oxygens (including phenoxy) is 1. The van der Waals surface area contributed by atoms with Crippen LogP contribution in [-0.4, -0.2) is 50.1 Å². The lowest BCUT2D eigenvalue weighted by atomic mass is 10.3. The van der Waals surface area contributed by atoms with Crippen molar-refractivity contribution in [2.45, 2.75) is 13.0 Å². The third kappa shape index (κ3) is 6.01. The van der Waals surface area contributed by atoms with Gasteiger partial charge in [0, 0.05) is 18.6 Å². The maximum atomic E-state index is 11.8. The third-order valence-corrected chi connectivity index (χ3v) is 3.28. The van der Waals surface area contributed by atoms with Crippen molar-refractivity contribution in [3.05, 3.63) is 29.3 Å². The predicted molar refractivity (Wildman–Crippen MR) is 81.6 cm³/mol. The smallest absolute Gasteiger partial charge is 0.321 e. The Balaban J connectivity index is 2.35. The van der Waals surface area contributed by atoms with Gasteiger partial charge in [-0.25, -0.2) is 4.79 Å². The Kier molecular flexibility index (Phi) is 6.98. The first kappa shape index (κ1) is 17.3. The molecule has 0 unspecified atom stereocenters. The van der Waals surface area contributed by atoms with Crippen molar-refractivity contribution in [1.29, 1.82) is 0 Å². The lowest BCUT2D eigenvalue weighted by molar-refractivity contribution is -0.124. The fourth-order valence-corrected chi connectivity index (χ4v) is 1.64. The van der Waals surface area contributed by atoms with Gasteiger partial charge in [0.05, 0.1) is 6.04 Å². The third-order valence-electron chi connectivity index (χ3n) is 3.03. The van der Waals surface area contributed by atoms with Crippen LogP contribution < -0.4 is 15.4 Å². The van der Waals surface area contributed by atoms with Gasteiger partial charge in [-0.05, 0) is 38.2 Å². The monoisotopic (exact) mass is 313 g/mol. The van der Waals surface area contributed by atoms with Gasteiger partial charge >= 0.3 is 6.03 Å². The second kappa shape index (κ2) is 8.49. The first-order valence-electron chi connectivity index (χ1n) is 6.55. The Labute approximate surface area is 129 Å². The summed E-state index contributed by atoms with van der Waals surface area (Å²) in [7, 11) is 3.25. The fourth-order valence-electron chi connectivity index (χ4n) is 1.51. The molecule has 3 amide bonds. The number of imide groups is 1. The molecule has 0 saturated heterocycles. The zero-order valence-corrected chi connectivity index (χ0v) is 13.1. The summed E-state index contributed by atoms with van der Waals surface area (Å²) in [5.41, 5.74) is 0. The topological polar surface area (TPSA) is 70.7 Å². The highest BCUT2D eigenvalue weighted by atomic mass is 35.5. The molecule has 21 heavy (non-hydrogen) atoms. The van der Waals surface area contributed by atoms with Gasteiger partial charge in [0.1, 0.15) is 12.4 Å². The molecular formula is C14H20ClN3O3. The van der Waals surface area contributed by atoms with Crippen molar-refractivity contribution in [1.82, 2.24) is 15.5 Å². The predicted octanol–water partition coefficient (Wildman–Crippen LogP) is 1.49. The molecule has 0 aliphatic rings. The standard InChI is InChI=1S/C14H20ClN3O3/c1-10(13(19)17-14(20)16-2)18(3)8-9-21-12-6-4-11(15)5-7-12/h4-7,10H,8-9H2,1-3H3,(H2,16,17,19,20)/t10-/m1/s1. The number of hydrogen-bond donors (Lipinski definition) is 2. The number of nitrogens with zero attached hydrogens (tertiary/aromatic N) is 1. The summed E-state index contributed by atoms with van der Waals surface area (Å²) >= 11 is 5.79. The molecule has 0 radical (unpaired) electrons. The first-order chi connectivity index (χ1) is 9.93. The van der Waals surface area contributed by atoms with Crippen LogP contribution in [0.25, 0.3) is 0 Å². The quantitative estimate of drug-likeness (QED) is 0.835. The van der Waals surface area contributed by atoms with Gasteiger partial charge < -0.3 is 10.1 Å². The molecule has 0 bridgehead atoms. The molecule has 7 heteroatoms. The van der Waals surface area contributed by atoms with E-state index in [1.165, 1.54) is 7.05 Å². The second-order valence-electron chi connectivity index (χ2n) is 4.53. The van der Waals surface area contributed by atoms with Gasteiger partial charge in [-0.15, -0.1) is 0 Å². The van der Waals surface area contributed by atoms with Gasteiger partial charge in [-0.1, -0.05) is 11.6 Å². The average molecular weight is 314 g/mol. The fraction of sp³-hybridized carbons (Fsp3) is 0.429. The van der Waals surface area contributed by atoms with E-state index < -0.39 is 12.1 Å². The van der Waals surface area contributed by atoms with E-state index in [1.54, 1.807) is 43.1 Å². The maximum absolute atomic E-state index is 11.8. The Morgan fingerprint density at radius 1 is 1.33 bits per heavy atom. The van der Waals surface area contributed by atoms with Crippen LogP contribution >= 0.6 is 11.6 Å². The van der Waals surface area contributed by atoms with E-state index >= 15 is 0 Å². The molecule has 0 fully saturated rings. The van der Waals surface area contributed by atoms with Gasteiger partial charge in [0.15, 0.2) is 0 Å². The Morgan fingerprint density at radius 2 is 1.95 bits per heavy atom. The van der Waals surface area contributed by atoms with Crippen molar-refractivity contribution in [3.8, 4) is 5.75 Å². The molecular weight excluding hydrogens is 294 g/mol. The largest absolute Gasteiger partial charge is 0.492 e. The van der Waals surface area contributed by atoms with Crippen molar-refractivity contribution >= 4 is 23.5 Å². The molecule has 0 heterocycles. The van der Waals surface area contributed by atoms with E-state index in [2.05, 4.69) is 10.6 Å². The molecule has 0 aromatic heterocycles. The molecule has 1 atom stereocenters. The number of hydrogen-bond acceptors (Lipinski definition) is 4. The number of likely N-dealkylation sites (N-methyl/N-ethyl adjacent to an activating group) is 1. The normalized spacial score (nSPS) is 11.9. The minimum Gasteiger partial charge on any atom is -0.492 e. The molecule has 2 N–H and O–H groups in total. The maximum Gasteiger partial charge on any atom is 0.321 e. The SMILES string of the molecule is CNC(=O)NC(=O)[C@@H](C)N(C)CCOc1ccc(Cl)cc1. The molecule has 6 nitrogen and oxygen atoms in total. The van der Waals surface area contributed by atoms with Crippen molar-refractivity contribution in [2.75, 3.05) is 27.2 Å². The van der Waals surface area contributed by atoms with Crippen LogP contribution in [0.4, 0.5) is 4.79 Å². The number of halogens is 1. The van der Waals surface area contributed by atoms with E-state index in [9.17, 15) is 9.59 Å². The Hall–Kier alpha value is -1.79. The highest BCUT2D eigenvalue weighted by Crippen LogP contribution is 2.15. The van der Waals surface area contributed by atoms with Crippen molar-refractivity contribution in [3.63, 3.8) is 0 Å². The lowest BCUT2D eigenvalue weighted by Crippen LogP contribution is -2.48. The molecule has 116 valence electrons. The van der Waals surface area contributed by atoms with Gasteiger partial charge in [-0.3, -0.25) is 15.0 Å². The Bertz CT molecular complexity index is 479. The van der Waals surface area contributed by atoms with Crippen molar-refractivity contribution in [2.24, 2.45) is 0 Å². The van der Waals surface area contributed by atoms with Crippen LogP contribution in [0, 0.1) is 0 Å². The highest BCUT2D eigenvalue weighted by molar-refractivity contribution is 6.30. The van der Waals surface area contributed by atoms with E-state index in [0.29, 0.717) is 18.2 Å². The molecule has 0 saturated carbocycles. The summed E-state index contributed by atoms with van der Waals surface area (Å²) in [4.78, 5) is 24.6. The van der Waals surface area contributed by atoms with E-state index in [1.807, 2.05) is 0 Å². The Morgan fingerprint density at radius 3 is 2.52 bits per heavy atom. The van der Waals surface area contributed by atoms with Crippen LogP contribution in [-0.2, 0) is 4.79 Å². The van der Waals surface area contributed by atoms with Crippen molar-refractivity contribution < 1.29 is 14.3 Å². The number of carbonyl (C=O) groups excluding carboxylic acids is 2. The number of carbonyl (C=O) groups is 2. The van der Waals surface area contributed by atoms with Gasteiger partial charge in [-0.2, -0.15) is 0 Å². The van der Waals surface area contributed by atoms with E-state index in [0.717, 1.165) is 5.75 Å². The molecule has 1 rings (SSSR count). The average Bonchev–Trinajstić information content (AvgIpc) is 2.48. The zero-order valence-electron chi connectivity index (χ0n) is 12.4. The highest BCUT2D eigenvalue weighted by Gasteiger charge is 2.19. The number of rotatable bonds is 6. The van der Waals surface area contributed by atoms with E-state index in [4.69, 9.17) is 16.3 Å². The number of amides is 3. The molecule has 0 aliphatic heterocycles. The van der Waals surface area contributed by atoms with Crippen LogP contribution in [0.3, 0.4) is 0 Å². The number of benzene rings is 1. The van der Waals surface area contributed by atoms with Crippen LogP contribution in [0.1, 0.15) is 6.92 Å². The second-order valence-corrected chi connectivity index (χ2v) is 4.96. The molecule has 1 aromatic rings. The minimum atomic E-state index is -0.516. The van der Waals surface area contributed by atoms with Gasteiger partial charge in [0.2, 0.25) is 5.91 Å². The molecule has 0 aliphatic carbocycles. The van der Waals surface area contributed by atoms with E-state index in [-0.39, 0.29) is 5.91 Å². The molecule has 1 aromatic carbocycles. The summed E-state index contributed by atoms with van der Waals surface area (Å²) in [6.07, 6.45) is 0.